The van der Waals surface area contributed by atoms with Gasteiger partial charge in [0.15, 0.2) is 0 Å². The topological polar surface area (TPSA) is 35.6 Å². The number of hydrogen-bond donors (Lipinski definition) is 0. The van der Waals surface area contributed by atoms with Crippen LogP contribution in [-0.2, 0) is 19.5 Å². The van der Waals surface area contributed by atoms with Gasteiger partial charge in [-0.3, -0.25) is 3.59 Å². The summed E-state index contributed by atoms with van der Waals surface area (Å²) < 4.78 is 9.96. The Bertz CT molecular complexity index is 2980. The van der Waals surface area contributed by atoms with Crippen molar-refractivity contribution in [2.75, 3.05) is 0 Å². The zero-order valence-corrected chi connectivity index (χ0v) is 44.9. The van der Waals surface area contributed by atoms with Crippen molar-refractivity contribution >= 4 is 169 Å². The molecule has 0 amide bonds. The molecular weight excluding hydrogens is 1290 g/mol. The second-order valence-corrected chi connectivity index (χ2v) is 19.1. The molecule has 0 spiro atoms. The molecule has 0 saturated heterocycles. The minimum atomic E-state index is 0. The number of rotatable bonds is 4. The molecule has 0 unspecified atom stereocenters. The molecule has 0 N–H and O–H groups in total. The van der Waals surface area contributed by atoms with E-state index < -0.39 is 0 Å². The largest absolute Gasteiger partial charge is 0.308 e. The van der Waals surface area contributed by atoms with Crippen LogP contribution in [0.4, 0.5) is 0 Å². The summed E-state index contributed by atoms with van der Waals surface area (Å²) in [5.41, 5.74) is 13.8. The van der Waals surface area contributed by atoms with Gasteiger partial charge >= 0.3 is 0 Å². The maximum absolute atomic E-state index is 5.53. The molecule has 276 valence electrons. The number of benzene rings is 4. The Hall–Kier alpha value is -2.06. The average molecular weight is 1310 g/mol. The maximum Gasteiger partial charge on any atom is 0.0955 e. The molecule has 0 fully saturated rings. The van der Waals surface area contributed by atoms with Crippen LogP contribution in [0.25, 0.3) is 80.7 Å². The molecule has 5 heterocycles. The van der Waals surface area contributed by atoms with Crippen LogP contribution in [0.15, 0.2) is 145 Å². The first-order chi connectivity index (χ1) is 27.2. The third kappa shape index (κ3) is 7.22. The van der Waals surface area contributed by atoms with E-state index in [9.17, 15) is 0 Å². The van der Waals surface area contributed by atoms with Crippen molar-refractivity contribution in [3.8, 4) is 39.1 Å². The molecule has 7 aromatic rings. The van der Waals surface area contributed by atoms with Crippen LogP contribution in [0.1, 0.15) is 22.8 Å². The molecule has 4 aromatic carbocycles. The number of fused-ring (bicyclic) bond motifs is 8. The molecule has 9 rings (SSSR count). The number of para-hydroxylation sites is 1. The van der Waals surface area contributed by atoms with Crippen molar-refractivity contribution in [2.45, 2.75) is 0 Å². The summed E-state index contributed by atoms with van der Waals surface area (Å²) in [5, 5.41) is 0. The van der Waals surface area contributed by atoms with E-state index in [2.05, 4.69) is 260 Å². The summed E-state index contributed by atoms with van der Waals surface area (Å²) in [6, 6.07) is 44.5. The van der Waals surface area contributed by atoms with Gasteiger partial charge in [0.1, 0.15) is 0 Å². The van der Waals surface area contributed by atoms with Crippen LogP contribution in [0, 0.1) is 0 Å². The summed E-state index contributed by atoms with van der Waals surface area (Å²) in [6.45, 7) is 0. The summed E-state index contributed by atoms with van der Waals surface area (Å²) in [7, 11) is 0. The summed E-state index contributed by atoms with van der Waals surface area (Å²) >= 11 is 31.5. The smallest absolute Gasteiger partial charge is 0.0955 e. The Kier molecular flexibility index (Phi) is 12.5. The van der Waals surface area contributed by atoms with E-state index >= 15 is 0 Å². The number of aromatic nitrogens is 4. The van der Waals surface area contributed by atoms with E-state index in [1.165, 1.54) is 0 Å². The van der Waals surface area contributed by atoms with E-state index in [0.717, 1.165) is 110 Å². The van der Waals surface area contributed by atoms with Crippen molar-refractivity contribution in [1.82, 2.24) is 18.1 Å². The van der Waals surface area contributed by atoms with Crippen molar-refractivity contribution in [1.29, 1.82) is 0 Å². The van der Waals surface area contributed by atoms with Gasteiger partial charge in [-0.05, 0) is 152 Å². The predicted molar refractivity (Wildman–Crippen MR) is 263 cm³/mol. The molecular formula is C44H22Br8N4Zn. The summed E-state index contributed by atoms with van der Waals surface area (Å²) in [5.74, 6) is 0. The summed E-state index contributed by atoms with van der Waals surface area (Å²) in [4.78, 5) is 10.8. The van der Waals surface area contributed by atoms with Crippen molar-refractivity contribution < 1.29 is 19.5 Å². The Morgan fingerprint density at radius 1 is 0.439 bits per heavy atom. The molecule has 3 aromatic heterocycles. The zero-order chi connectivity index (χ0) is 38.8. The minimum absolute atomic E-state index is 0. The Balaban J connectivity index is 0.00000455. The van der Waals surface area contributed by atoms with Gasteiger partial charge < -0.3 is 4.57 Å². The molecule has 0 radical (unpaired) electrons. The number of halogens is 8. The van der Waals surface area contributed by atoms with Crippen LogP contribution in [0.2, 0.25) is 0 Å². The van der Waals surface area contributed by atoms with Gasteiger partial charge in [0.2, 0.25) is 0 Å². The third-order valence-electron chi connectivity index (χ3n) is 9.57. The molecule has 2 aliphatic rings. The first-order valence-corrected chi connectivity index (χ1v) is 23.3. The van der Waals surface area contributed by atoms with Crippen molar-refractivity contribution in [3.63, 3.8) is 0 Å². The fraction of sp³-hybridized carbons (Fsp3) is 0. The molecule has 57 heavy (non-hydrogen) atoms. The summed E-state index contributed by atoms with van der Waals surface area (Å²) in [6.07, 6.45) is 2.07. The first-order valence-electron chi connectivity index (χ1n) is 17.1. The zero-order valence-electron chi connectivity index (χ0n) is 29.2. The molecule has 13 heteroatoms. The Morgan fingerprint density at radius 3 is 1.44 bits per heavy atom. The maximum atomic E-state index is 5.53. The minimum Gasteiger partial charge on any atom is -0.308 e. The fourth-order valence-electron chi connectivity index (χ4n) is 7.17. The van der Waals surface area contributed by atoms with E-state index in [-0.39, 0.29) is 19.5 Å². The van der Waals surface area contributed by atoms with Crippen LogP contribution in [-0.4, -0.2) is 18.1 Å². The van der Waals surface area contributed by atoms with Crippen LogP contribution in [0.3, 0.4) is 0 Å². The van der Waals surface area contributed by atoms with Crippen molar-refractivity contribution in [2.24, 2.45) is 0 Å². The molecule has 4 nitrogen and oxygen atoms in total. The van der Waals surface area contributed by atoms with Gasteiger partial charge in [-0.15, -0.1) is 0 Å². The number of nitrogens with zero attached hydrogens (tertiary/aromatic N) is 4. The fourth-order valence-corrected chi connectivity index (χ4v) is 13.8. The second kappa shape index (κ2) is 17.1. The SMILES string of the molecule is BrC1=Cc2cc3c(-c4ccccc4)c(-c4ccccc4)c(c(-c4ccccc4)c4nc(c(Br)c5c(Br)c(Br)c(c(Br)c1n2)n5Br)C(Br)=C4Br)n3-c1ccccc1.[Zn]. The first kappa shape index (κ1) is 41.7. The van der Waals surface area contributed by atoms with Gasteiger partial charge in [-0.2, -0.15) is 0 Å². The van der Waals surface area contributed by atoms with Crippen molar-refractivity contribution in [3.05, 3.63) is 168 Å². The van der Waals surface area contributed by atoms with Crippen LogP contribution < -0.4 is 0 Å². The van der Waals surface area contributed by atoms with Gasteiger partial charge in [0.05, 0.1) is 87.8 Å². The van der Waals surface area contributed by atoms with Gasteiger partial charge in [0.25, 0.3) is 0 Å². The molecule has 0 atom stereocenters. The van der Waals surface area contributed by atoms with Crippen LogP contribution >= 0.6 is 128 Å². The van der Waals surface area contributed by atoms with E-state index in [4.69, 9.17) is 9.97 Å². The standard InChI is InChI=1S/C44H22Br8N4.Zn/c45-28-21-26-22-29-30(23-13-5-1-6-14-23)31(24-15-7-2-8-16-24)42(55(29)27-19-11-4-12-20-27)32(25-17-9-3-10-18-25)40-33(46)34(47)41(54-40)38(51)44-36(49)35(48)43(56(44)52)37(50)39(28)53-26;/h1-22H;. The van der Waals surface area contributed by atoms with E-state index in [1.807, 2.05) is 9.66 Å². The average Bonchev–Trinajstić information content (AvgIpc) is 3.91. The number of hydrogen-bond acceptors (Lipinski definition) is 2. The van der Waals surface area contributed by atoms with E-state index in [1.54, 1.807) is 0 Å². The molecule has 8 bridgehead atoms. The molecule has 2 aliphatic heterocycles. The van der Waals surface area contributed by atoms with Gasteiger partial charge in [-0.25, -0.2) is 9.97 Å². The van der Waals surface area contributed by atoms with E-state index in [0.29, 0.717) is 5.69 Å². The normalized spacial score (nSPS) is 12.5. The Labute approximate surface area is 408 Å². The predicted octanol–water partition coefficient (Wildman–Crippen LogP) is 17.0. The monoisotopic (exact) mass is 1300 g/mol. The Morgan fingerprint density at radius 2 is 0.895 bits per heavy atom. The van der Waals surface area contributed by atoms with Gasteiger partial charge in [-0.1, -0.05) is 109 Å². The molecule has 0 saturated carbocycles. The van der Waals surface area contributed by atoms with Gasteiger partial charge in [0, 0.05) is 46.3 Å². The second-order valence-electron chi connectivity index (χ2n) is 12.8. The molecule has 0 aliphatic carbocycles. The van der Waals surface area contributed by atoms with Crippen LogP contribution in [0.5, 0.6) is 0 Å². The third-order valence-corrected chi connectivity index (χ3v) is 16.5. The quantitative estimate of drug-likeness (QED) is 0.165.